The van der Waals surface area contributed by atoms with Crippen molar-refractivity contribution < 1.29 is 9.59 Å². The van der Waals surface area contributed by atoms with Gasteiger partial charge in [-0.15, -0.1) is 0 Å². The topological polar surface area (TPSA) is 63.1 Å². The van der Waals surface area contributed by atoms with Crippen LogP contribution in [0.15, 0.2) is 72.9 Å². The summed E-state index contributed by atoms with van der Waals surface area (Å²) in [5, 5.41) is 9.21. The minimum atomic E-state index is -0.158. The minimum absolute atomic E-state index is 0.00353. The summed E-state index contributed by atoms with van der Waals surface area (Å²) in [7, 11) is 0. The van der Waals surface area contributed by atoms with Gasteiger partial charge in [-0.3, -0.25) is 9.59 Å². The first kappa shape index (κ1) is 19.4. The molecule has 0 atom stereocenters. The number of carbonyl (C=O) groups is 2. The van der Waals surface area contributed by atoms with Crippen LogP contribution in [0, 0.1) is 5.92 Å². The van der Waals surface area contributed by atoms with Gasteiger partial charge in [0.05, 0.1) is 11.3 Å². The number of benzene rings is 3. The van der Waals surface area contributed by atoms with E-state index in [1.807, 2.05) is 48.5 Å². The van der Waals surface area contributed by atoms with E-state index in [0.717, 1.165) is 36.6 Å². The van der Waals surface area contributed by atoms with E-state index in [2.05, 4.69) is 39.6 Å². The Hall–Kier alpha value is -3.60. The summed E-state index contributed by atoms with van der Waals surface area (Å²) in [5.74, 6) is -0.0724. The van der Waals surface area contributed by atoms with Crippen LogP contribution in [0.25, 0.3) is 21.7 Å². The second kappa shape index (κ2) is 8.26. The standard InChI is InChI=1S/C26H25N3O2/c30-25(19-10-11-19)28-23-17-21-8-2-1-7-20(21)16-22(23)26(31)27-13-5-14-29-15-12-18-6-3-4-9-24(18)29/h1-4,6-9,12,15-17,19H,5,10-11,13-14H2,(H,27,31)(H,28,30). The van der Waals surface area contributed by atoms with Crippen LogP contribution in [-0.2, 0) is 11.3 Å². The van der Waals surface area contributed by atoms with E-state index in [1.54, 1.807) is 0 Å². The van der Waals surface area contributed by atoms with Crippen molar-refractivity contribution in [2.45, 2.75) is 25.8 Å². The molecule has 1 saturated carbocycles. The Balaban J connectivity index is 1.28. The van der Waals surface area contributed by atoms with Crippen molar-refractivity contribution in [3.8, 4) is 0 Å². The SMILES string of the molecule is O=C(NCCCn1ccc2ccccc21)c1cc2ccccc2cc1NC(=O)C1CC1. The zero-order valence-corrected chi connectivity index (χ0v) is 17.3. The summed E-state index contributed by atoms with van der Waals surface area (Å²) in [6.45, 7) is 1.39. The number of carbonyl (C=O) groups excluding carboxylic acids is 2. The van der Waals surface area contributed by atoms with Crippen molar-refractivity contribution in [3.05, 3.63) is 78.5 Å². The Morgan fingerprint density at radius 3 is 2.39 bits per heavy atom. The molecule has 4 aromatic rings. The van der Waals surface area contributed by atoms with E-state index >= 15 is 0 Å². The van der Waals surface area contributed by atoms with Crippen LogP contribution in [-0.4, -0.2) is 22.9 Å². The van der Waals surface area contributed by atoms with E-state index in [9.17, 15) is 9.59 Å². The smallest absolute Gasteiger partial charge is 0.253 e. The van der Waals surface area contributed by atoms with Gasteiger partial charge < -0.3 is 15.2 Å². The molecule has 5 rings (SSSR count). The molecular formula is C26H25N3O2. The van der Waals surface area contributed by atoms with Gasteiger partial charge >= 0.3 is 0 Å². The second-order valence-electron chi connectivity index (χ2n) is 8.19. The van der Waals surface area contributed by atoms with Crippen LogP contribution in [0.1, 0.15) is 29.6 Å². The summed E-state index contributed by atoms with van der Waals surface area (Å²) in [4.78, 5) is 25.3. The maximum atomic E-state index is 13.0. The number of hydrogen-bond donors (Lipinski definition) is 2. The molecule has 156 valence electrons. The third-order valence-corrected chi connectivity index (χ3v) is 5.88. The fourth-order valence-electron chi connectivity index (χ4n) is 3.99. The highest BCUT2D eigenvalue weighted by atomic mass is 16.2. The van der Waals surface area contributed by atoms with Gasteiger partial charge in [-0.1, -0.05) is 42.5 Å². The Labute approximate surface area is 181 Å². The van der Waals surface area contributed by atoms with Gasteiger partial charge in [0.25, 0.3) is 5.91 Å². The van der Waals surface area contributed by atoms with Crippen molar-refractivity contribution >= 4 is 39.2 Å². The lowest BCUT2D eigenvalue weighted by molar-refractivity contribution is -0.117. The molecule has 1 aliphatic rings. The number of nitrogens with zero attached hydrogens (tertiary/aromatic N) is 1. The first-order valence-corrected chi connectivity index (χ1v) is 10.8. The number of para-hydroxylation sites is 1. The summed E-state index contributed by atoms with van der Waals surface area (Å²) in [5.41, 5.74) is 2.30. The predicted molar refractivity (Wildman–Crippen MR) is 124 cm³/mol. The van der Waals surface area contributed by atoms with Crippen molar-refractivity contribution in [1.82, 2.24) is 9.88 Å². The van der Waals surface area contributed by atoms with Crippen LogP contribution in [0.5, 0.6) is 0 Å². The van der Waals surface area contributed by atoms with Gasteiger partial charge in [0.2, 0.25) is 5.91 Å². The number of nitrogens with one attached hydrogen (secondary N) is 2. The number of amides is 2. The molecule has 5 heteroatoms. The second-order valence-corrected chi connectivity index (χ2v) is 8.19. The Morgan fingerprint density at radius 2 is 1.61 bits per heavy atom. The number of hydrogen-bond acceptors (Lipinski definition) is 2. The maximum absolute atomic E-state index is 13.0. The number of anilines is 1. The fraction of sp³-hybridized carbons (Fsp3) is 0.231. The summed E-state index contributed by atoms with van der Waals surface area (Å²) >= 11 is 0. The Kier molecular flexibility index (Phi) is 5.16. The zero-order valence-electron chi connectivity index (χ0n) is 17.3. The molecule has 0 aliphatic heterocycles. The molecule has 3 aromatic carbocycles. The van der Waals surface area contributed by atoms with Gasteiger partial charge in [-0.05, 0) is 59.7 Å². The molecule has 5 nitrogen and oxygen atoms in total. The van der Waals surface area contributed by atoms with Crippen LogP contribution < -0.4 is 10.6 Å². The third-order valence-electron chi connectivity index (χ3n) is 5.88. The average molecular weight is 412 g/mol. The van der Waals surface area contributed by atoms with Crippen molar-refractivity contribution in [1.29, 1.82) is 0 Å². The first-order chi connectivity index (χ1) is 15.2. The lowest BCUT2D eigenvalue weighted by atomic mass is 10.0. The lowest BCUT2D eigenvalue weighted by Crippen LogP contribution is -2.27. The Morgan fingerprint density at radius 1 is 0.903 bits per heavy atom. The quantitative estimate of drug-likeness (QED) is 0.422. The predicted octanol–water partition coefficient (Wildman–Crippen LogP) is 4.96. The normalized spacial score (nSPS) is 13.4. The molecule has 1 aromatic heterocycles. The van der Waals surface area contributed by atoms with Gasteiger partial charge in [-0.2, -0.15) is 0 Å². The maximum Gasteiger partial charge on any atom is 0.253 e. The molecule has 0 spiro atoms. The van der Waals surface area contributed by atoms with E-state index in [0.29, 0.717) is 17.8 Å². The molecule has 2 N–H and O–H groups in total. The number of fused-ring (bicyclic) bond motifs is 2. The monoisotopic (exact) mass is 411 g/mol. The molecule has 1 heterocycles. The highest BCUT2D eigenvalue weighted by Crippen LogP contribution is 2.32. The van der Waals surface area contributed by atoms with Crippen LogP contribution in [0.3, 0.4) is 0 Å². The number of rotatable bonds is 7. The molecule has 1 aliphatic carbocycles. The molecule has 1 fully saturated rings. The zero-order chi connectivity index (χ0) is 21.2. The molecule has 0 radical (unpaired) electrons. The molecule has 2 amide bonds. The van der Waals surface area contributed by atoms with Crippen LogP contribution in [0.4, 0.5) is 5.69 Å². The lowest BCUT2D eigenvalue weighted by Gasteiger charge is -2.13. The summed E-state index contributed by atoms with van der Waals surface area (Å²) in [6, 6.07) is 22.0. The van der Waals surface area contributed by atoms with Gasteiger partial charge in [0.15, 0.2) is 0 Å². The van der Waals surface area contributed by atoms with Crippen LogP contribution >= 0.6 is 0 Å². The molecule has 0 saturated heterocycles. The summed E-state index contributed by atoms with van der Waals surface area (Å²) in [6.07, 6.45) is 4.76. The van der Waals surface area contributed by atoms with E-state index in [1.165, 1.54) is 10.9 Å². The first-order valence-electron chi connectivity index (χ1n) is 10.8. The third kappa shape index (κ3) is 4.17. The highest BCUT2D eigenvalue weighted by molar-refractivity contribution is 6.08. The number of aryl methyl sites for hydroxylation is 1. The van der Waals surface area contributed by atoms with Crippen LogP contribution in [0.2, 0.25) is 0 Å². The van der Waals surface area contributed by atoms with Gasteiger partial charge in [0.1, 0.15) is 0 Å². The molecule has 0 unspecified atom stereocenters. The van der Waals surface area contributed by atoms with E-state index in [-0.39, 0.29) is 17.7 Å². The largest absolute Gasteiger partial charge is 0.352 e. The van der Waals surface area contributed by atoms with Crippen molar-refractivity contribution in [3.63, 3.8) is 0 Å². The van der Waals surface area contributed by atoms with E-state index in [4.69, 9.17) is 0 Å². The number of aromatic nitrogens is 1. The molecule has 31 heavy (non-hydrogen) atoms. The van der Waals surface area contributed by atoms with Gasteiger partial charge in [0, 0.05) is 30.7 Å². The average Bonchev–Trinajstić information content (AvgIpc) is 3.57. The minimum Gasteiger partial charge on any atom is -0.352 e. The molecule has 0 bridgehead atoms. The fourth-order valence-corrected chi connectivity index (χ4v) is 3.99. The highest BCUT2D eigenvalue weighted by Gasteiger charge is 2.30. The van der Waals surface area contributed by atoms with Crippen molar-refractivity contribution in [2.75, 3.05) is 11.9 Å². The van der Waals surface area contributed by atoms with E-state index < -0.39 is 0 Å². The van der Waals surface area contributed by atoms with Crippen molar-refractivity contribution in [2.24, 2.45) is 5.92 Å². The molecular weight excluding hydrogens is 386 g/mol. The Bertz CT molecular complexity index is 1270. The summed E-state index contributed by atoms with van der Waals surface area (Å²) < 4.78 is 2.21. The van der Waals surface area contributed by atoms with Gasteiger partial charge in [-0.25, -0.2) is 0 Å².